The van der Waals surface area contributed by atoms with E-state index in [-0.39, 0.29) is 5.54 Å². The molecule has 1 aromatic carbocycles. The standard InChI is InChI=1S/C13H16N2O/c1-13(2,3)14-12-9-11(15-16-12)10-7-5-4-6-8-10/h4-9,14H,1-3H3. The number of rotatable bonds is 2. The van der Waals surface area contributed by atoms with E-state index in [4.69, 9.17) is 4.52 Å². The minimum absolute atomic E-state index is 0.0203. The van der Waals surface area contributed by atoms with Gasteiger partial charge in [-0.05, 0) is 20.8 Å². The molecule has 2 rings (SSSR count). The predicted octanol–water partition coefficient (Wildman–Crippen LogP) is 3.55. The largest absolute Gasteiger partial charge is 0.349 e. The van der Waals surface area contributed by atoms with Gasteiger partial charge in [0.2, 0.25) is 5.88 Å². The van der Waals surface area contributed by atoms with Gasteiger partial charge in [0.05, 0.1) is 0 Å². The summed E-state index contributed by atoms with van der Waals surface area (Å²) in [6.07, 6.45) is 0. The van der Waals surface area contributed by atoms with Crippen molar-refractivity contribution in [1.29, 1.82) is 0 Å². The van der Waals surface area contributed by atoms with E-state index in [1.54, 1.807) is 0 Å². The monoisotopic (exact) mass is 216 g/mol. The molecule has 0 atom stereocenters. The molecule has 0 fully saturated rings. The number of nitrogens with zero attached hydrogens (tertiary/aromatic N) is 1. The van der Waals surface area contributed by atoms with Crippen LogP contribution in [0.5, 0.6) is 0 Å². The highest BCUT2D eigenvalue weighted by Gasteiger charge is 2.13. The van der Waals surface area contributed by atoms with Gasteiger partial charge in [-0.1, -0.05) is 35.5 Å². The summed E-state index contributed by atoms with van der Waals surface area (Å²) in [5, 5.41) is 7.28. The van der Waals surface area contributed by atoms with Crippen LogP contribution in [0.1, 0.15) is 20.8 Å². The number of aromatic nitrogens is 1. The quantitative estimate of drug-likeness (QED) is 0.834. The topological polar surface area (TPSA) is 38.1 Å². The molecule has 0 spiro atoms. The Morgan fingerprint density at radius 1 is 1.12 bits per heavy atom. The Labute approximate surface area is 95.5 Å². The average molecular weight is 216 g/mol. The summed E-state index contributed by atoms with van der Waals surface area (Å²) in [6.45, 7) is 6.24. The zero-order valence-electron chi connectivity index (χ0n) is 9.82. The second-order valence-corrected chi connectivity index (χ2v) is 4.82. The molecule has 84 valence electrons. The average Bonchev–Trinajstić information content (AvgIpc) is 2.65. The smallest absolute Gasteiger partial charge is 0.225 e. The third-order valence-corrected chi connectivity index (χ3v) is 2.08. The summed E-state index contributed by atoms with van der Waals surface area (Å²) >= 11 is 0. The lowest BCUT2D eigenvalue weighted by Gasteiger charge is -2.18. The first-order valence-corrected chi connectivity index (χ1v) is 5.35. The molecule has 2 aromatic rings. The van der Waals surface area contributed by atoms with E-state index < -0.39 is 0 Å². The molecule has 0 saturated carbocycles. The molecule has 0 radical (unpaired) electrons. The van der Waals surface area contributed by atoms with E-state index in [0.29, 0.717) is 5.88 Å². The van der Waals surface area contributed by atoms with Gasteiger partial charge < -0.3 is 9.84 Å². The van der Waals surface area contributed by atoms with E-state index >= 15 is 0 Å². The Kier molecular flexibility index (Phi) is 2.69. The fourth-order valence-corrected chi connectivity index (χ4v) is 1.45. The lowest BCUT2D eigenvalue weighted by molar-refractivity contribution is 0.423. The minimum Gasteiger partial charge on any atom is -0.349 e. The first-order chi connectivity index (χ1) is 7.54. The molecule has 3 nitrogen and oxygen atoms in total. The lowest BCUT2D eigenvalue weighted by atomic mass is 10.1. The van der Waals surface area contributed by atoms with Crippen LogP contribution >= 0.6 is 0 Å². The maximum atomic E-state index is 5.23. The lowest BCUT2D eigenvalue weighted by Crippen LogP contribution is -2.25. The summed E-state index contributed by atoms with van der Waals surface area (Å²) in [4.78, 5) is 0. The highest BCUT2D eigenvalue weighted by molar-refractivity contribution is 5.61. The zero-order valence-corrected chi connectivity index (χ0v) is 9.82. The van der Waals surface area contributed by atoms with Crippen LogP contribution in [0.15, 0.2) is 40.9 Å². The van der Waals surface area contributed by atoms with Crippen LogP contribution in [0.2, 0.25) is 0 Å². The molecule has 0 aliphatic rings. The summed E-state index contributed by atoms with van der Waals surface area (Å²) in [6, 6.07) is 11.9. The van der Waals surface area contributed by atoms with Gasteiger partial charge >= 0.3 is 0 Å². The second kappa shape index (κ2) is 4.00. The third-order valence-electron chi connectivity index (χ3n) is 2.08. The Hall–Kier alpha value is -1.77. The first kappa shape index (κ1) is 10.7. The molecule has 1 N–H and O–H groups in total. The van der Waals surface area contributed by atoms with Crippen molar-refractivity contribution in [2.24, 2.45) is 0 Å². The number of hydrogen-bond acceptors (Lipinski definition) is 3. The van der Waals surface area contributed by atoms with Crippen molar-refractivity contribution in [2.45, 2.75) is 26.3 Å². The number of benzene rings is 1. The third kappa shape index (κ3) is 2.63. The summed E-state index contributed by atoms with van der Waals surface area (Å²) < 4.78 is 5.23. The van der Waals surface area contributed by atoms with Gasteiger partial charge in [-0.2, -0.15) is 0 Å². The Bertz CT molecular complexity index is 454. The normalized spacial score (nSPS) is 11.4. The molecule has 0 saturated heterocycles. The summed E-state index contributed by atoms with van der Waals surface area (Å²) in [5.41, 5.74) is 1.90. The second-order valence-electron chi connectivity index (χ2n) is 4.82. The molecule has 0 aliphatic heterocycles. The first-order valence-electron chi connectivity index (χ1n) is 5.35. The van der Waals surface area contributed by atoms with Crippen molar-refractivity contribution in [3.63, 3.8) is 0 Å². The Morgan fingerprint density at radius 3 is 2.44 bits per heavy atom. The van der Waals surface area contributed by atoms with Crippen molar-refractivity contribution < 1.29 is 4.52 Å². The summed E-state index contributed by atoms with van der Waals surface area (Å²) in [5.74, 6) is 0.700. The van der Waals surface area contributed by atoms with Crippen LogP contribution in [0, 0.1) is 0 Å². The molecule has 1 heterocycles. The van der Waals surface area contributed by atoms with Gasteiger partial charge in [-0.3, -0.25) is 0 Å². The maximum absolute atomic E-state index is 5.23. The van der Waals surface area contributed by atoms with Crippen LogP contribution in [0.25, 0.3) is 11.3 Å². The number of anilines is 1. The fraction of sp³-hybridized carbons (Fsp3) is 0.308. The highest BCUT2D eigenvalue weighted by atomic mass is 16.5. The van der Waals surface area contributed by atoms with E-state index in [0.717, 1.165) is 11.3 Å². The molecular weight excluding hydrogens is 200 g/mol. The van der Waals surface area contributed by atoms with Crippen molar-refractivity contribution in [3.8, 4) is 11.3 Å². The predicted molar refractivity (Wildman–Crippen MR) is 65.3 cm³/mol. The Morgan fingerprint density at radius 2 is 1.81 bits per heavy atom. The molecule has 0 unspecified atom stereocenters. The minimum atomic E-state index is -0.0203. The van der Waals surface area contributed by atoms with Gasteiger partial charge in [0.15, 0.2) is 0 Å². The molecule has 1 aromatic heterocycles. The van der Waals surface area contributed by atoms with Crippen LogP contribution in [0.3, 0.4) is 0 Å². The van der Waals surface area contributed by atoms with Crippen LogP contribution in [0.4, 0.5) is 5.88 Å². The van der Waals surface area contributed by atoms with E-state index in [1.807, 2.05) is 36.4 Å². The van der Waals surface area contributed by atoms with Gasteiger partial charge in [0.1, 0.15) is 5.69 Å². The van der Waals surface area contributed by atoms with E-state index in [1.165, 1.54) is 0 Å². The zero-order chi connectivity index (χ0) is 11.6. The van der Waals surface area contributed by atoms with Crippen LogP contribution in [-0.4, -0.2) is 10.7 Å². The molecule has 0 bridgehead atoms. The maximum Gasteiger partial charge on any atom is 0.225 e. The van der Waals surface area contributed by atoms with Gasteiger partial charge in [0.25, 0.3) is 0 Å². The fourth-order valence-electron chi connectivity index (χ4n) is 1.45. The van der Waals surface area contributed by atoms with E-state index in [9.17, 15) is 0 Å². The van der Waals surface area contributed by atoms with Crippen LogP contribution < -0.4 is 5.32 Å². The van der Waals surface area contributed by atoms with Gasteiger partial charge in [-0.15, -0.1) is 0 Å². The van der Waals surface area contributed by atoms with Crippen molar-refractivity contribution in [1.82, 2.24) is 5.16 Å². The van der Waals surface area contributed by atoms with Crippen molar-refractivity contribution >= 4 is 5.88 Å². The molecule has 0 aliphatic carbocycles. The van der Waals surface area contributed by atoms with Gasteiger partial charge in [-0.25, -0.2) is 0 Å². The van der Waals surface area contributed by atoms with Crippen LogP contribution in [-0.2, 0) is 0 Å². The number of nitrogens with one attached hydrogen (secondary N) is 1. The summed E-state index contributed by atoms with van der Waals surface area (Å²) in [7, 11) is 0. The van der Waals surface area contributed by atoms with Crippen molar-refractivity contribution in [2.75, 3.05) is 5.32 Å². The van der Waals surface area contributed by atoms with Gasteiger partial charge in [0, 0.05) is 17.2 Å². The SMILES string of the molecule is CC(C)(C)Nc1cc(-c2ccccc2)no1. The molecule has 0 amide bonds. The number of hydrogen-bond donors (Lipinski definition) is 1. The Balaban J connectivity index is 2.21. The molecular formula is C13H16N2O. The van der Waals surface area contributed by atoms with E-state index in [2.05, 4.69) is 31.2 Å². The molecule has 3 heteroatoms. The highest BCUT2D eigenvalue weighted by Crippen LogP contribution is 2.23. The van der Waals surface area contributed by atoms with Crippen molar-refractivity contribution in [3.05, 3.63) is 36.4 Å². The molecule has 16 heavy (non-hydrogen) atoms.